The lowest BCUT2D eigenvalue weighted by Crippen LogP contribution is -1.89. The third-order valence-electron chi connectivity index (χ3n) is 1.29. The first-order chi connectivity index (χ1) is 4.72. The van der Waals surface area contributed by atoms with E-state index in [9.17, 15) is 0 Å². The van der Waals surface area contributed by atoms with Gasteiger partial charge in [0.25, 0.3) is 0 Å². The summed E-state index contributed by atoms with van der Waals surface area (Å²) in [6.07, 6.45) is 0. The maximum Gasteiger partial charge on any atom is 0.122 e. The zero-order chi connectivity index (χ0) is 7.56. The lowest BCUT2D eigenvalue weighted by atomic mass is 10.3. The minimum Gasteiger partial charge on any atom is -0.497 e. The molecule has 2 nitrogen and oxygen atoms in total. The number of methoxy groups -OCH3 is 1. The van der Waals surface area contributed by atoms with Gasteiger partial charge in [0, 0.05) is 23.5 Å². The van der Waals surface area contributed by atoms with Crippen molar-refractivity contribution in [3.63, 3.8) is 0 Å². The van der Waals surface area contributed by atoms with Gasteiger partial charge in [-0.3, -0.25) is 4.98 Å². The highest BCUT2D eigenvalue weighted by atomic mass is 16.5. The van der Waals surface area contributed by atoms with Crippen molar-refractivity contribution in [2.45, 2.75) is 13.8 Å². The van der Waals surface area contributed by atoms with Crippen molar-refractivity contribution >= 4 is 0 Å². The Balaban J connectivity index is 3.06. The van der Waals surface area contributed by atoms with Crippen LogP contribution in [0.4, 0.5) is 0 Å². The van der Waals surface area contributed by atoms with E-state index in [1.807, 2.05) is 26.0 Å². The van der Waals surface area contributed by atoms with Crippen LogP contribution in [0, 0.1) is 13.8 Å². The van der Waals surface area contributed by atoms with Crippen LogP contribution < -0.4 is 4.74 Å². The fourth-order valence-electron chi connectivity index (χ4n) is 0.914. The molecule has 0 spiro atoms. The van der Waals surface area contributed by atoms with Crippen molar-refractivity contribution < 1.29 is 4.74 Å². The Morgan fingerprint density at radius 3 is 2.10 bits per heavy atom. The van der Waals surface area contributed by atoms with E-state index < -0.39 is 0 Å². The molecule has 0 aliphatic rings. The summed E-state index contributed by atoms with van der Waals surface area (Å²) in [5.41, 5.74) is 1.99. The lowest BCUT2D eigenvalue weighted by Gasteiger charge is -2.00. The number of rotatable bonds is 1. The molecule has 10 heavy (non-hydrogen) atoms. The van der Waals surface area contributed by atoms with Gasteiger partial charge in [-0.2, -0.15) is 0 Å². The van der Waals surface area contributed by atoms with Crippen LogP contribution >= 0.6 is 0 Å². The van der Waals surface area contributed by atoms with Crippen LogP contribution in [0.3, 0.4) is 0 Å². The van der Waals surface area contributed by atoms with E-state index in [1.54, 1.807) is 7.11 Å². The molecular weight excluding hydrogens is 126 g/mol. The van der Waals surface area contributed by atoms with Crippen LogP contribution in [-0.2, 0) is 0 Å². The van der Waals surface area contributed by atoms with E-state index in [2.05, 4.69) is 4.98 Å². The first-order valence-corrected chi connectivity index (χ1v) is 3.21. The average molecular weight is 137 g/mol. The molecule has 0 atom stereocenters. The summed E-state index contributed by atoms with van der Waals surface area (Å²) in [6.45, 7) is 3.91. The van der Waals surface area contributed by atoms with E-state index in [0.717, 1.165) is 17.1 Å². The summed E-state index contributed by atoms with van der Waals surface area (Å²) in [7, 11) is 1.66. The second-order valence-corrected chi connectivity index (χ2v) is 2.29. The quantitative estimate of drug-likeness (QED) is 0.587. The molecule has 1 aromatic rings. The number of aromatic nitrogens is 1. The van der Waals surface area contributed by atoms with E-state index in [0.29, 0.717) is 0 Å². The molecular formula is C8H11NO. The molecule has 0 aliphatic carbocycles. The summed E-state index contributed by atoms with van der Waals surface area (Å²) < 4.78 is 5.04. The summed E-state index contributed by atoms with van der Waals surface area (Å²) in [4.78, 5) is 4.20. The normalized spacial score (nSPS) is 9.50. The van der Waals surface area contributed by atoms with Crippen molar-refractivity contribution in [3.8, 4) is 5.75 Å². The lowest BCUT2D eigenvalue weighted by molar-refractivity contribution is 0.413. The minimum absolute atomic E-state index is 0.880. The number of ether oxygens (including phenoxy) is 1. The Morgan fingerprint density at radius 1 is 1.20 bits per heavy atom. The van der Waals surface area contributed by atoms with E-state index in [1.165, 1.54) is 0 Å². The van der Waals surface area contributed by atoms with Gasteiger partial charge in [0.2, 0.25) is 0 Å². The molecule has 1 aromatic heterocycles. The van der Waals surface area contributed by atoms with Gasteiger partial charge < -0.3 is 4.74 Å². The van der Waals surface area contributed by atoms with E-state index in [-0.39, 0.29) is 0 Å². The highest BCUT2D eigenvalue weighted by molar-refractivity contribution is 5.25. The van der Waals surface area contributed by atoms with Crippen molar-refractivity contribution in [1.29, 1.82) is 0 Å². The Labute approximate surface area is 60.9 Å². The van der Waals surface area contributed by atoms with Gasteiger partial charge in [-0.05, 0) is 13.8 Å². The molecule has 0 unspecified atom stereocenters. The Kier molecular flexibility index (Phi) is 1.90. The van der Waals surface area contributed by atoms with Gasteiger partial charge in [-0.25, -0.2) is 0 Å². The van der Waals surface area contributed by atoms with Crippen molar-refractivity contribution in [2.75, 3.05) is 7.11 Å². The van der Waals surface area contributed by atoms with E-state index in [4.69, 9.17) is 4.74 Å². The molecule has 0 amide bonds. The first-order valence-electron chi connectivity index (χ1n) is 3.21. The Bertz CT molecular complexity index is 212. The molecule has 0 radical (unpaired) electrons. The predicted molar refractivity (Wildman–Crippen MR) is 40.3 cm³/mol. The van der Waals surface area contributed by atoms with Gasteiger partial charge in [-0.15, -0.1) is 0 Å². The summed E-state index contributed by atoms with van der Waals surface area (Å²) in [6, 6.07) is 3.82. The third-order valence-corrected chi connectivity index (χ3v) is 1.29. The largest absolute Gasteiger partial charge is 0.497 e. The summed E-state index contributed by atoms with van der Waals surface area (Å²) in [5.74, 6) is 0.880. The molecule has 0 bridgehead atoms. The second-order valence-electron chi connectivity index (χ2n) is 2.29. The molecule has 1 heterocycles. The van der Waals surface area contributed by atoms with Gasteiger partial charge in [0.05, 0.1) is 7.11 Å². The van der Waals surface area contributed by atoms with Crippen molar-refractivity contribution in [1.82, 2.24) is 4.98 Å². The second kappa shape index (κ2) is 2.69. The minimum atomic E-state index is 0.880. The number of hydrogen-bond donors (Lipinski definition) is 0. The maximum absolute atomic E-state index is 5.04. The SMILES string of the molecule is COc1cc(C)nc(C)c1. The van der Waals surface area contributed by atoms with Crippen LogP contribution in [0.15, 0.2) is 12.1 Å². The topological polar surface area (TPSA) is 22.1 Å². The standard InChI is InChI=1S/C8H11NO/c1-6-4-8(10-3)5-7(2)9-6/h4-5H,1-3H3. The van der Waals surface area contributed by atoms with Gasteiger partial charge in [0.1, 0.15) is 5.75 Å². The molecule has 0 N–H and O–H groups in total. The maximum atomic E-state index is 5.04. The average Bonchev–Trinajstić information content (AvgIpc) is 1.85. The Morgan fingerprint density at radius 2 is 1.70 bits per heavy atom. The smallest absolute Gasteiger partial charge is 0.122 e. The summed E-state index contributed by atoms with van der Waals surface area (Å²) >= 11 is 0. The van der Waals surface area contributed by atoms with Crippen LogP contribution in [0.2, 0.25) is 0 Å². The zero-order valence-corrected chi connectivity index (χ0v) is 6.51. The number of hydrogen-bond acceptors (Lipinski definition) is 2. The van der Waals surface area contributed by atoms with Crippen LogP contribution in [0.25, 0.3) is 0 Å². The fourth-order valence-corrected chi connectivity index (χ4v) is 0.914. The van der Waals surface area contributed by atoms with Gasteiger partial charge >= 0.3 is 0 Å². The van der Waals surface area contributed by atoms with E-state index >= 15 is 0 Å². The molecule has 0 saturated heterocycles. The molecule has 0 aromatic carbocycles. The molecule has 54 valence electrons. The molecule has 0 saturated carbocycles. The summed E-state index contributed by atoms with van der Waals surface area (Å²) in [5, 5.41) is 0. The number of nitrogens with zero attached hydrogens (tertiary/aromatic N) is 1. The predicted octanol–water partition coefficient (Wildman–Crippen LogP) is 1.71. The number of aryl methyl sites for hydroxylation is 2. The number of pyridine rings is 1. The van der Waals surface area contributed by atoms with Gasteiger partial charge in [0.15, 0.2) is 0 Å². The molecule has 0 fully saturated rings. The molecule has 1 rings (SSSR count). The molecule has 2 heteroatoms. The van der Waals surface area contributed by atoms with Gasteiger partial charge in [-0.1, -0.05) is 0 Å². The third kappa shape index (κ3) is 1.47. The Hall–Kier alpha value is -1.05. The first kappa shape index (κ1) is 7.06. The van der Waals surface area contributed by atoms with Crippen molar-refractivity contribution in [3.05, 3.63) is 23.5 Å². The monoisotopic (exact) mass is 137 g/mol. The van der Waals surface area contributed by atoms with Crippen LogP contribution in [0.1, 0.15) is 11.4 Å². The zero-order valence-electron chi connectivity index (χ0n) is 6.51. The highest BCUT2D eigenvalue weighted by Crippen LogP contribution is 2.11. The fraction of sp³-hybridized carbons (Fsp3) is 0.375. The van der Waals surface area contributed by atoms with Crippen LogP contribution in [-0.4, -0.2) is 12.1 Å². The highest BCUT2D eigenvalue weighted by Gasteiger charge is 1.93. The molecule has 0 aliphatic heterocycles. The van der Waals surface area contributed by atoms with Crippen molar-refractivity contribution in [2.24, 2.45) is 0 Å². The van der Waals surface area contributed by atoms with Crippen LogP contribution in [0.5, 0.6) is 5.75 Å².